The first-order valence-corrected chi connectivity index (χ1v) is 39.8. The lowest BCUT2D eigenvalue weighted by Crippen LogP contribution is -2.60. The van der Waals surface area contributed by atoms with Crippen LogP contribution in [-0.4, -0.2) is 100 Å². The van der Waals surface area contributed by atoms with Crippen molar-refractivity contribution in [3.63, 3.8) is 0 Å². The van der Waals surface area contributed by atoms with E-state index in [1.54, 1.807) is 6.08 Å². The van der Waals surface area contributed by atoms with E-state index in [9.17, 15) is 35.1 Å². The number of hydrogen-bond donors (Lipinski definition) is 6. The van der Waals surface area contributed by atoms with E-state index in [0.29, 0.717) is 19.4 Å². The smallest absolute Gasteiger partial charge is 0.305 e. The Balaban J connectivity index is 1.91. The minimum atomic E-state index is -1.57. The predicted molar refractivity (Wildman–Crippen MR) is 384 cm³/mol. The maximum absolute atomic E-state index is 13.1. The van der Waals surface area contributed by atoms with Crippen molar-refractivity contribution in [1.82, 2.24) is 5.32 Å². The van der Waals surface area contributed by atoms with Crippen LogP contribution in [0, 0.1) is 0 Å². The molecule has 0 spiro atoms. The molecule has 91 heavy (non-hydrogen) atoms. The zero-order valence-corrected chi connectivity index (χ0v) is 59.8. The quantitative estimate of drug-likeness (QED) is 0.0195. The van der Waals surface area contributed by atoms with Crippen LogP contribution in [-0.2, 0) is 23.8 Å². The molecule has 0 saturated carbocycles. The molecule has 0 aromatic heterocycles. The minimum Gasteiger partial charge on any atom is -0.466 e. The van der Waals surface area contributed by atoms with Crippen molar-refractivity contribution in [1.29, 1.82) is 0 Å². The average Bonchev–Trinajstić information content (AvgIpc) is 1.98. The minimum absolute atomic E-state index is 0.0148. The van der Waals surface area contributed by atoms with Gasteiger partial charge < -0.3 is 45.1 Å². The van der Waals surface area contributed by atoms with Gasteiger partial charge in [-0.25, -0.2) is 0 Å². The number of nitrogens with one attached hydrogen (secondary N) is 1. The molecule has 0 aromatic rings. The van der Waals surface area contributed by atoms with Crippen LogP contribution in [0.4, 0.5) is 0 Å². The highest BCUT2D eigenvalue weighted by Crippen LogP contribution is 2.24. The zero-order chi connectivity index (χ0) is 65.8. The topological polar surface area (TPSA) is 175 Å². The highest BCUT2D eigenvalue weighted by molar-refractivity contribution is 5.76. The molecule has 1 saturated heterocycles. The molecule has 11 nitrogen and oxygen atoms in total. The van der Waals surface area contributed by atoms with E-state index >= 15 is 0 Å². The maximum atomic E-state index is 13.1. The average molecular weight is 1290 g/mol. The fourth-order valence-electron chi connectivity index (χ4n) is 12.8. The number of carbonyl (C=O) groups excluding carboxylic acids is 2. The highest BCUT2D eigenvalue weighted by Gasteiger charge is 2.44. The Morgan fingerprint density at radius 2 is 0.736 bits per heavy atom. The van der Waals surface area contributed by atoms with E-state index in [4.69, 9.17) is 14.2 Å². The second-order valence-electron chi connectivity index (χ2n) is 27.8. The summed E-state index contributed by atoms with van der Waals surface area (Å²) >= 11 is 0. The van der Waals surface area contributed by atoms with Gasteiger partial charge in [0, 0.05) is 12.8 Å². The lowest BCUT2D eigenvalue weighted by Gasteiger charge is -2.40. The summed E-state index contributed by atoms with van der Waals surface area (Å²) in [4.78, 5) is 25.1. The summed E-state index contributed by atoms with van der Waals surface area (Å²) in [5.74, 6) is -0.161. The van der Waals surface area contributed by atoms with E-state index in [2.05, 4.69) is 43.5 Å². The number of unbranched alkanes of at least 4 members (excludes halogenated alkanes) is 53. The number of ether oxygens (including phenoxy) is 3. The number of allylic oxidation sites excluding steroid dienone is 5. The molecule has 0 radical (unpaired) electrons. The van der Waals surface area contributed by atoms with Crippen LogP contribution in [0.2, 0.25) is 0 Å². The standard InChI is InChI=1S/C80H151NO10/c1-3-5-7-9-11-13-15-43-47-50-54-58-62-66-73(83)72(71-90-80-79(88)78(87)77(86)74(70-82)91-80)81-75(84)67-63-59-55-51-48-44-41-39-37-35-33-31-29-27-25-23-21-19-17-16-18-20-22-24-26-28-30-32-34-36-38-40-42-45-49-53-57-61-65-69-89-76(85)68-64-60-56-52-46-14-12-10-8-6-4-2/h16-17,20,22,62,66,72-74,77-80,82-83,86-88H,3-15,18-19,21,23-61,63-65,67-71H2,1-2H3,(H,81,84)/b17-16-,22-20-,66-62+. The first-order valence-electron chi connectivity index (χ1n) is 39.8. The largest absolute Gasteiger partial charge is 0.466 e. The Labute approximate surface area is 562 Å². The lowest BCUT2D eigenvalue weighted by molar-refractivity contribution is -0.302. The first-order chi connectivity index (χ1) is 44.7. The van der Waals surface area contributed by atoms with Crippen LogP contribution >= 0.6 is 0 Å². The molecule has 1 heterocycles. The van der Waals surface area contributed by atoms with Crippen molar-refractivity contribution >= 4 is 11.9 Å². The lowest BCUT2D eigenvalue weighted by atomic mass is 9.99. The molecule has 7 atom stereocenters. The van der Waals surface area contributed by atoms with Gasteiger partial charge in [-0.2, -0.15) is 0 Å². The first kappa shape index (κ1) is 86.9. The zero-order valence-electron chi connectivity index (χ0n) is 59.8. The highest BCUT2D eigenvalue weighted by atomic mass is 16.7. The molecule has 0 aliphatic carbocycles. The van der Waals surface area contributed by atoms with Crippen LogP contribution in [0.3, 0.4) is 0 Å². The van der Waals surface area contributed by atoms with Crippen molar-refractivity contribution in [3.05, 3.63) is 36.5 Å². The van der Waals surface area contributed by atoms with Gasteiger partial charge in [0.2, 0.25) is 5.91 Å². The Hall–Kier alpha value is -2.12. The summed E-state index contributed by atoms with van der Waals surface area (Å²) in [7, 11) is 0. The number of amides is 1. The normalized spacial score (nSPS) is 17.7. The number of rotatable bonds is 71. The fourth-order valence-corrected chi connectivity index (χ4v) is 12.8. The second-order valence-corrected chi connectivity index (χ2v) is 27.8. The van der Waals surface area contributed by atoms with Gasteiger partial charge >= 0.3 is 5.97 Å². The molecule has 1 fully saturated rings. The Morgan fingerprint density at radius 1 is 0.407 bits per heavy atom. The molecule has 0 bridgehead atoms. The van der Waals surface area contributed by atoms with Gasteiger partial charge in [-0.3, -0.25) is 9.59 Å². The van der Waals surface area contributed by atoms with Gasteiger partial charge in [-0.1, -0.05) is 359 Å². The molecule has 0 aromatic carbocycles. The molecular formula is C80H151NO10. The van der Waals surface area contributed by atoms with Crippen LogP contribution < -0.4 is 5.32 Å². The summed E-state index contributed by atoms with van der Waals surface area (Å²) in [6, 6.07) is -0.808. The third-order valence-electron chi connectivity index (χ3n) is 19.0. The summed E-state index contributed by atoms with van der Waals surface area (Å²) in [5, 5.41) is 54.6. The predicted octanol–water partition coefficient (Wildman–Crippen LogP) is 21.3. The fraction of sp³-hybridized carbons (Fsp3) is 0.900. The van der Waals surface area contributed by atoms with Gasteiger partial charge in [0.05, 0.1) is 32.0 Å². The van der Waals surface area contributed by atoms with E-state index in [-0.39, 0.29) is 18.5 Å². The van der Waals surface area contributed by atoms with E-state index in [1.807, 2.05) is 6.08 Å². The number of hydrogen-bond acceptors (Lipinski definition) is 10. The summed E-state index contributed by atoms with van der Waals surface area (Å²) in [6.07, 6.45) is 80.3. The number of aliphatic hydroxyl groups excluding tert-OH is 5. The van der Waals surface area contributed by atoms with Gasteiger partial charge in [0.25, 0.3) is 0 Å². The van der Waals surface area contributed by atoms with Crippen molar-refractivity contribution in [2.24, 2.45) is 0 Å². The molecule has 1 aliphatic heterocycles. The third kappa shape index (κ3) is 57.8. The van der Waals surface area contributed by atoms with Crippen LogP contribution in [0.1, 0.15) is 399 Å². The van der Waals surface area contributed by atoms with Gasteiger partial charge in [0.15, 0.2) is 6.29 Å². The maximum Gasteiger partial charge on any atom is 0.305 e. The van der Waals surface area contributed by atoms with E-state index in [0.717, 1.165) is 57.8 Å². The molecule has 1 aliphatic rings. The molecule has 536 valence electrons. The van der Waals surface area contributed by atoms with E-state index in [1.165, 1.54) is 315 Å². The molecule has 1 rings (SSSR count). The molecular weight excluding hydrogens is 1130 g/mol. The summed E-state index contributed by atoms with van der Waals surface area (Å²) < 4.78 is 16.8. The second kappa shape index (κ2) is 69.2. The number of esters is 1. The van der Waals surface area contributed by atoms with Crippen molar-refractivity contribution in [2.75, 3.05) is 19.8 Å². The molecule has 7 unspecified atom stereocenters. The third-order valence-corrected chi connectivity index (χ3v) is 19.0. The monoisotopic (exact) mass is 1290 g/mol. The van der Waals surface area contributed by atoms with Crippen molar-refractivity contribution in [2.45, 2.75) is 442 Å². The Kier molecular flexibility index (Phi) is 66.1. The number of carbonyl (C=O) groups is 2. The van der Waals surface area contributed by atoms with Crippen LogP contribution in [0.25, 0.3) is 0 Å². The van der Waals surface area contributed by atoms with Crippen LogP contribution in [0.5, 0.6) is 0 Å². The van der Waals surface area contributed by atoms with Gasteiger partial charge in [0.1, 0.15) is 24.4 Å². The number of aliphatic hydroxyl groups is 5. The van der Waals surface area contributed by atoms with Crippen molar-refractivity contribution in [3.8, 4) is 0 Å². The Morgan fingerprint density at radius 3 is 1.11 bits per heavy atom. The molecule has 6 N–H and O–H groups in total. The SMILES string of the molecule is CCCCCCCCCCCCC/C=C/C(O)C(COC1OC(CO)C(O)C(O)C1O)NC(=O)CCCCCCCCCCCCCCCCCCC/C=C\C/C=C\CCCCCCCCCCCCCCCCCOC(=O)CCCCCCCCCCCCC. The molecule has 11 heteroatoms. The van der Waals surface area contributed by atoms with Gasteiger partial charge in [-0.05, 0) is 64.2 Å². The summed E-state index contributed by atoms with van der Waals surface area (Å²) in [6.45, 7) is 4.39. The Bertz CT molecular complexity index is 1610. The molecule has 1 amide bonds. The van der Waals surface area contributed by atoms with Crippen LogP contribution in [0.15, 0.2) is 36.5 Å². The van der Waals surface area contributed by atoms with Crippen molar-refractivity contribution < 1.29 is 49.3 Å². The van der Waals surface area contributed by atoms with Gasteiger partial charge in [-0.15, -0.1) is 0 Å². The van der Waals surface area contributed by atoms with E-state index < -0.39 is 49.5 Å². The summed E-state index contributed by atoms with van der Waals surface area (Å²) in [5.41, 5.74) is 0.